The Morgan fingerprint density at radius 2 is 2.31 bits per heavy atom. The highest BCUT2D eigenvalue weighted by molar-refractivity contribution is 5.77. The second-order valence-electron chi connectivity index (χ2n) is 4.46. The van der Waals surface area contributed by atoms with Gasteiger partial charge >= 0.3 is 5.97 Å². The average molecular weight is 228 g/mol. The number of aliphatic carboxylic acids is 1. The smallest absolute Gasteiger partial charge is 0.305 e. The molecule has 5 heteroatoms. The number of nitrogens with one attached hydrogen (secondary N) is 2. The molecule has 3 N–H and O–H groups in total. The third kappa shape index (κ3) is 5.11. The molecule has 1 fully saturated rings. The lowest BCUT2D eigenvalue weighted by Gasteiger charge is -2.12. The number of hydrogen-bond donors (Lipinski definition) is 3. The van der Waals surface area contributed by atoms with Crippen molar-refractivity contribution < 1.29 is 14.7 Å². The molecule has 16 heavy (non-hydrogen) atoms. The summed E-state index contributed by atoms with van der Waals surface area (Å²) < 4.78 is 0. The van der Waals surface area contributed by atoms with E-state index in [0.717, 1.165) is 25.9 Å². The van der Waals surface area contributed by atoms with E-state index in [1.165, 1.54) is 0 Å². The summed E-state index contributed by atoms with van der Waals surface area (Å²) in [5, 5.41) is 14.5. The zero-order valence-corrected chi connectivity index (χ0v) is 9.66. The molecule has 0 aromatic heterocycles. The Bertz CT molecular complexity index is 250. The molecule has 0 saturated carbocycles. The molecule has 0 bridgehead atoms. The van der Waals surface area contributed by atoms with Crippen molar-refractivity contribution in [3.63, 3.8) is 0 Å². The van der Waals surface area contributed by atoms with E-state index < -0.39 is 5.97 Å². The van der Waals surface area contributed by atoms with E-state index >= 15 is 0 Å². The fourth-order valence-electron chi connectivity index (χ4n) is 1.96. The van der Waals surface area contributed by atoms with Crippen LogP contribution in [0.2, 0.25) is 0 Å². The van der Waals surface area contributed by atoms with Gasteiger partial charge < -0.3 is 15.7 Å². The van der Waals surface area contributed by atoms with Crippen LogP contribution >= 0.6 is 0 Å². The summed E-state index contributed by atoms with van der Waals surface area (Å²) in [6, 6.07) is -0.285. The Kier molecular flexibility index (Phi) is 5.25. The number of amides is 1. The van der Waals surface area contributed by atoms with Crippen molar-refractivity contribution in [2.75, 3.05) is 13.1 Å². The van der Waals surface area contributed by atoms with Crippen molar-refractivity contribution in [2.24, 2.45) is 5.92 Å². The number of carboxylic acid groups (broad SMARTS) is 1. The first kappa shape index (κ1) is 13.0. The maximum absolute atomic E-state index is 11.5. The molecule has 92 valence electrons. The van der Waals surface area contributed by atoms with Gasteiger partial charge in [0, 0.05) is 12.5 Å². The summed E-state index contributed by atoms with van der Waals surface area (Å²) in [5.74, 6) is -0.325. The highest BCUT2D eigenvalue weighted by Crippen LogP contribution is 2.14. The lowest BCUT2D eigenvalue weighted by atomic mass is 10.0. The van der Waals surface area contributed by atoms with Crippen molar-refractivity contribution in [1.29, 1.82) is 0 Å². The normalized spacial score (nSPS) is 21.7. The van der Waals surface area contributed by atoms with Gasteiger partial charge in [-0.1, -0.05) is 0 Å². The molecule has 1 amide bonds. The molecule has 1 rings (SSSR count). The minimum Gasteiger partial charge on any atom is -0.481 e. The Labute approximate surface area is 95.6 Å². The molecule has 0 spiro atoms. The highest BCUT2D eigenvalue weighted by Gasteiger charge is 2.16. The van der Waals surface area contributed by atoms with E-state index in [-0.39, 0.29) is 18.4 Å². The maximum Gasteiger partial charge on any atom is 0.305 e. The molecular weight excluding hydrogens is 208 g/mol. The molecule has 0 aliphatic carbocycles. The van der Waals surface area contributed by atoms with Crippen molar-refractivity contribution >= 4 is 11.9 Å². The van der Waals surface area contributed by atoms with Crippen LogP contribution in [-0.4, -0.2) is 36.1 Å². The molecular formula is C11H20N2O3. The SMILES string of the molecule is CC(CC(=O)O)NC(=O)CCC1CCNC1. The maximum atomic E-state index is 11.5. The lowest BCUT2D eigenvalue weighted by Crippen LogP contribution is -2.34. The van der Waals surface area contributed by atoms with Crippen LogP contribution in [0, 0.1) is 5.92 Å². The Morgan fingerprint density at radius 1 is 1.56 bits per heavy atom. The molecule has 1 saturated heterocycles. The second kappa shape index (κ2) is 6.48. The van der Waals surface area contributed by atoms with Gasteiger partial charge in [-0.2, -0.15) is 0 Å². The first-order chi connectivity index (χ1) is 7.58. The zero-order chi connectivity index (χ0) is 12.0. The monoisotopic (exact) mass is 228 g/mol. The summed E-state index contributed by atoms with van der Waals surface area (Å²) in [4.78, 5) is 21.9. The van der Waals surface area contributed by atoms with Gasteiger partial charge in [0.15, 0.2) is 0 Å². The van der Waals surface area contributed by atoms with Gasteiger partial charge in [0.2, 0.25) is 5.91 Å². The predicted octanol–water partition coefficient (Wildman–Crippen LogP) is 0.355. The second-order valence-corrected chi connectivity index (χ2v) is 4.46. The largest absolute Gasteiger partial charge is 0.481 e. The molecule has 0 aromatic carbocycles. The molecule has 5 nitrogen and oxygen atoms in total. The van der Waals surface area contributed by atoms with Crippen LogP contribution < -0.4 is 10.6 Å². The van der Waals surface area contributed by atoms with Gasteiger partial charge in [-0.05, 0) is 38.8 Å². The molecule has 1 aliphatic rings. The fraction of sp³-hybridized carbons (Fsp3) is 0.818. The van der Waals surface area contributed by atoms with E-state index in [4.69, 9.17) is 5.11 Å². The first-order valence-corrected chi connectivity index (χ1v) is 5.80. The van der Waals surface area contributed by atoms with Gasteiger partial charge in [-0.15, -0.1) is 0 Å². The minimum atomic E-state index is -0.882. The molecule has 0 aromatic rings. The number of carbonyl (C=O) groups excluding carboxylic acids is 1. The highest BCUT2D eigenvalue weighted by atomic mass is 16.4. The van der Waals surface area contributed by atoms with E-state index in [1.807, 2.05) is 0 Å². The summed E-state index contributed by atoms with van der Waals surface area (Å²) in [6.07, 6.45) is 2.50. The third-order valence-electron chi connectivity index (χ3n) is 2.83. The number of carbonyl (C=O) groups is 2. The number of hydrogen-bond acceptors (Lipinski definition) is 3. The van der Waals surface area contributed by atoms with Crippen LogP contribution in [0.5, 0.6) is 0 Å². The molecule has 1 heterocycles. The van der Waals surface area contributed by atoms with Crippen LogP contribution in [0.4, 0.5) is 0 Å². The fourth-order valence-corrected chi connectivity index (χ4v) is 1.96. The molecule has 2 unspecified atom stereocenters. The first-order valence-electron chi connectivity index (χ1n) is 5.80. The van der Waals surface area contributed by atoms with Crippen molar-refractivity contribution in [1.82, 2.24) is 10.6 Å². The lowest BCUT2D eigenvalue weighted by molar-refractivity contribution is -0.137. The van der Waals surface area contributed by atoms with Gasteiger partial charge in [-0.3, -0.25) is 9.59 Å². The van der Waals surface area contributed by atoms with Gasteiger partial charge in [-0.25, -0.2) is 0 Å². The molecule has 2 atom stereocenters. The average Bonchev–Trinajstić information content (AvgIpc) is 2.65. The Morgan fingerprint density at radius 3 is 2.88 bits per heavy atom. The van der Waals surface area contributed by atoms with Gasteiger partial charge in [0.05, 0.1) is 6.42 Å². The predicted molar refractivity (Wildman–Crippen MR) is 60.1 cm³/mol. The topological polar surface area (TPSA) is 78.4 Å². The number of carboxylic acids is 1. The van der Waals surface area contributed by atoms with Crippen LogP contribution in [0.25, 0.3) is 0 Å². The summed E-state index contributed by atoms with van der Waals surface area (Å²) in [5.41, 5.74) is 0. The van der Waals surface area contributed by atoms with E-state index in [9.17, 15) is 9.59 Å². The van der Waals surface area contributed by atoms with Crippen LogP contribution in [0.1, 0.15) is 32.6 Å². The summed E-state index contributed by atoms with van der Waals surface area (Å²) in [7, 11) is 0. The van der Waals surface area contributed by atoms with Crippen LogP contribution in [0.15, 0.2) is 0 Å². The quantitative estimate of drug-likeness (QED) is 0.613. The number of rotatable bonds is 6. The van der Waals surface area contributed by atoms with Crippen LogP contribution in [0.3, 0.4) is 0 Å². The summed E-state index contributed by atoms with van der Waals surface area (Å²) >= 11 is 0. The van der Waals surface area contributed by atoms with E-state index in [1.54, 1.807) is 6.92 Å². The van der Waals surface area contributed by atoms with Gasteiger partial charge in [0.25, 0.3) is 0 Å². The standard InChI is InChI=1S/C11H20N2O3/c1-8(6-11(15)16)13-10(14)3-2-9-4-5-12-7-9/h8-9,12H,2-7H2,1H3,(H,13,14)(H,15,16). The summed E-state index contributed by atoms with van der Waals surface area (Å²) in [6.45, 7) is 3.75. The Hall–Kier alpha value is -1.10. The van der Waals surface area contributed by atoms with Crippen molar-refractivity contribution in [3.8, 4) is 0 Å². The third-order valence-corrected chi connectivity index (χ3v) is 2.83. The Balaban J connectivity index is 2.12. The molecule has 0 radical (unpaired) electrons. The zero-order valence-electron chi connectivity index (χ0n) is 9.66. The van der Waals surface area contributed by atoms with Crippen molar-refractivity contribution in [2.45, 2.75) is 38.6 Å². The minimum absolute atomic E-state index is 0.0171. The van der Waals surface area contributed by atoms with Crippen molar-refractivity contribution in [3.05, 3.63) is 0 Å². The van der Waals surface area contributed by atoms with Crippen LogP contribution in [-0.2, 0) is 9.59 Å². The van der Waals surface area contributed by atoms with Gasteiger partial charge in [0.1, 0.15) is 0 Å². The van der Waals surface area contributed by atoms with E-state index in [0.29, 0.717) is 12.3 Å². The molecule has 1 aliphatic heterocycles. The van der Waals surface area contributed by atoms with E-state index in [2.05, 4.69) is 10.6 Å².